The molecular weight excluding hydrogens is 337 g/mol. The van der Waals surface area contributed by atoms with Crippen molar-refractivity contribution in [2.45, 2.75) is 25.8 Å². The minimum atomic E-state index is -3.52. The zero-order chi connectivity index (χ0) is 18.6. The van der Waals surface area contributed by atoms with Gasteiger partial charge >= 0.3 is 0 Å². The van der Waals surface area contributed by atoms with E-state index in [0.717, 1.165) is 5.69 Å². The second kappa shape index (κ2) is 8.05. The Hall–Kier alpha value is -1.81. The number of aliphatic hydroxyl groups is 1. The number of benzene rings is 2. The Labute approximate surface area is 149 Å². The lowest BCUT2D eigenvalue weighted by Crippen LogP contribution is -2.18. The maximum absolute atomic E-state index is 13.6. The number of aliphatic hydroxyl groups excluding tert-OH is 1. The molecular formula is C19H26NO4P. The van der Waals surface area contributed by atoms with Crippen molar-refractivity contribution in [3.63, 3.8) is 0 Å². The maximum Gasteiger partial charge on any atom is 0.264 e. The van der Waals surface area contributed by atoms with Crippen LogP contribution in [0.3, 0.4) is 0 Å². The van der Waals surface area contributed by atoms with Crippen LogP contribution in [0.4, 0.5) is 5.69 Å². The van der Waals surface area contributed by atoms with Crippen LogP contribution in [0.2, 0.25) is 0 Å². The third-order valence-corrected chi connectivity index (χ3v) is 6.52. The highest BCUT2D eigenvalue weighted by molar-refractivity contribution is 7.67. The van der Waals surface area contributed by atoms with Gasteiger partial charge in [-0.25, -0.2) is 0 Å². The molecule has 0 amide bonds. The lowest BCUT2D eigenvalue weighted by atomic mass is 10.2. The molecule has 2 aromatic carbocycles. The van der Waals surface area contributed by atoms with E-state index in [1.54, 1.807) is 43.5 Å². The molecule has 0 unspecified atom stereocenters. The van der Waals surface area contributed by atoms with Crippen molar-refractivity contribution >= 4 is 18.4 Å². The van der Waals surface area contributed by atoms with Gasteiger partial charge in [-0.15, -0.1) is 0 Å². The molecule has 1 N–H and O–H groups in total. The predicted octanol–water partition coefficient (Wildman–Crippen LogP) is 3.78. The summed E-state index contributed by atoms with van der Waals surface area (Å²) in [6.07, 6.45) is -0.285. The van der Waals surface area contributed by atoms with E-state index in [4.69, 9.17) is 9.26 Å². The number of anilines is 1. The molecule has 136 valence electrons. The van der Waals surface area contributed by atoms with E-state index in [9.17, 15) is 9.67 Å². The molecule has 0 aromatic heterocycles. The van der Waals surface area contributed by atoms with Crippen LogP contribution in [0.15, 0.2) is 48.5 Å². The van der Waals surface area contributed by atoms with Crippen LogP contribution in [0.25, 0.3) is 0 Å². The first kappa shape index (κ1) is 19.5. The summed E-state index contributed by atoms with van der Waals surface area (Å²) in [5, 5.41) is 11.3. The van der Waals surface area contributed by atoms with Gasteiger partial charge in [0.05, 0.1) is 13.2 Å². The van der Waals surface area contributed by atoms with E-state index < -0.39 is 13.2 Å². The van der Waals surface area contributed by atoms with Gasteiger partial charge in [0.1, 0.15) is 5.75 Å². The number of rotatable bonds is 7. The summed E-state index contributed by atoms with van der Waals surface area (Å²) in [7, 11) is 1.93. The van der Waals surface area contributed by atoms with Crippen molar-refractivity contribution in [2.24, 2.45) is 0 Å². The van der Waals surface area contributed by atoms with Gasteiger partial charge in [0, 0.05) is 25.1 Å². The third kappa shape index (κ3) is 4.43. The Morgan fingerprint density at radius 1 is 1.00 bits per heavy atom. The first-order chi connectivity index (χ1) is 11.8. The van der Waals surface area contributed by atoms with E-state index in [1.807, 2.05) is 45.0 Å². The summed E-state index contributed by atoms with van der Waals surface area (Å²) in [5.41, 5.74) is 1.51. The van der Waals surface area contributed by atoms with E-state index in [-0.39, 0.29) is 6.10 Å². The van der Waals surface area contributed by atoms with Crippen LogP contribution in [-0.2, 0) is 9.09 Å². The molecule has 2 atom stereocenters. The molecule has 0 spiro atoms. The highest BCUT2D eigenvalue weighted by Crippen LogP contribution is 2.58. The molecule has 5 nitrogen and oxygen atoms in total. The maximum atomic E-state index is 13.6. The second-order valence-electron chi connectivity index (χ2n) is 6.31. The van der Waals surface area contributed by atoms with Gasteiger partial charge in [-0.1, -0.05) is 12.1 Å². The molecule has 0 bridgehead atoms. The lowest BCUT2D eigenvalue weighted by Gasteiger charge is -2.27. The molecule has 0 aliphatic heterocycles. The average molecular weight is 363 g/mol. The number of methoxy groups -OCH3 is 1. The van der Waals surface area contributed by atoms with Crippen molar-refractivity contribution in [1.29, 1.82) is 0 Å². The minimum Gasteiger partial charge on any atom is -0.497 e. The molecule has 0 saturated heterocycles. The fraction of sp³-hybridized carbons (Fsp3) is 0.368. The Bertz CT molecular complexity index is 726. The number of hydrogen-bond donors (Lipinski definition) is 1. The van der Waals surface area contributed by atoms with Crippen molar-refractivity contribution < 1.29 is 18.9 Å². The summed E-state index contributed by atoms with van der Waals surface area (Å²) in [4.78, 5) is 1.96. The van der Waals surface area contributed by atoms with Crippen LogP contribution < -0.4 is 14.9 Å². The SMILES string of the molecule is COc1ccc([C@H](O)[P@@](=O)(OC(C)C)c2ccc(N(C)C)cc2)cc1. The molecule has 6 heteroatoms. The first-order valence-electron chi connectivity index (χ1n) is 8.16. The molecule has 2 rings (SSSR count). The zero-order valence-electron chi connectivity index (χ0n) is 15.3. The number of hydrogen-bond acceptors (Lipinski definition) is 5. The molecule has 2 aromatic rings. The van der Waals surface area contributed by atoms with E-state index in [2.05, 4.69) is 0 Å². The van der Waals surface area contributed by atoms with E-state index in [1.165, 1.54) is 0 Å². The van der Waals surface area contributed by atoms with Gasteiger partial charge in [-0.05, 0) is 55.8 Å². The lowest BCUT2D eigenvalue weighted by molar-refractivity contribution is 0.188. The van der Waals surface area contributed by atoms with E-state index in [0.29, 0.717) is 16.6 Å². The summed E-state index contributed by atoms with van der Waals surface area (Å²) in [6, 6.07) is 14.1. The monoisotopic (exact) mass is 363 g/mol. The highest BCUT2D eigenvalue weighted by atomic mass is 31.2. The molecule has 0 aliphatic carbocycles. The van der Waals surface area contributed by atoms with Crippen molar-refractivity contribution in [1.82, 2.24) is 0 Å². The molecule has 0 saturated carbocycles. The highest BCUT2D eigenvalue weighted by Gasteiger charge is 2.37. The van der Waals surface area contributed by atoms with Crippen LogP contribution in [0.1, 0.15) is 25.3 Å². The quantitative estimate of drug-likeness (QED) is 0.759. The zero-order valence-corrected chi connectivity index (χ0v) is 16.2. The van der Waals surface area contributed by atoms with Crippen molar-refractivity contribution in [2.75, 3.05) is 26.1 Å². The van der Waals surface area contributed by atoms with Crippen LogP contribution in [0.5, 0.6) is 5.75 Å². The number of nitrogens with zero attached hydrogens (tertiary/aromatic N) is 1. The summed E-state index contributed by atoms with van der Waals surface area (Å²) in [5.74, 6) is -0.572. The van der Waals surface area contributed by atoms with E-state index >= 15 is 0 Å². The largest absolute Gasteiger partial charge is 0.497 e. The molecule has 0 heterocycles. The second-order valence-corrected chi connectivity index (χ2v) is 8.72. The van der Waals surface area contributed by atoms with Crippen LogP contribution >= 0.6 is 7.37 Å². The average Bonchev–Trinajstić information content (AvgIpc) is 2.60. The van der Waals surface area contributed by atoms with Gasteiger partial charge in [-0.3, -0.25) is 4.57 Å². The summed E-state index contributed by atoms with van der Waals surface area (Å²) >= 11 is 0. The molecule has 0 aliphatic rings. The van der Waals surface area contributed by atoms with Crippen LogP contribution in [-0.4, -0.2) is 32.4 Å². The number of ether oxygens (including phenoxy) is 1. The van der Waals surface area contributed by atoms with Crippen molar-refractivity contribution in [3.05, 3.63) is 54.1 Å². The summed E-state index contributed by atoms with van der Waals surface area (Å²) in [6.45, 7) is 3.61. The third-order valence-electron chi connectivity index (χ3n) is 3.83. The van der Waals surface area contributed by atoms with Gasteiger partial charge in [-0.2, -0.15) is 0 Å². The standard InChI is InChI=1S/C19H26NO4P/c1-14(2)24-25(22,18-12-8-16(9-13-18)20(3)4)19(21)15-6-10-17(23-5)11-7-15/h6-14,19,21H,1-5H3/t19-,25+/m1/s1. The Morgan fingerprint density at radius 3 is 2.00 bits per heavy atom. The fourth-order valence-corrected chi connectivity index (χ4v) is 4.78. The van der Waals surface area contributed by atoms with Crippen LogP contribution in [0, 0.1) is 0 Å². The van der Waals surface area contributed by atoms with Gasteiger partial charge in [0.2, 0.25) is 0 Å². The fourth-order valence-electron chi connectivity index (χ4n) is 2.50. The van der Waals surface area contributed by atoms with Gasteiger partial charge < -0.3 is 19.3 Å². The minimum absolute atomic E-state index is 0.285. The normalized spacial score (nSPS) is 14.8. The summed E-state index contributed by atoms with van der Waals surface area (Å²) < 4.78 is 24.5. The Balaban J connectivity index is 2.43. The Morgan fingerprint density at radius 2 is 1.56 bits per heavy atom. The van der Waals surface area contributed by atoms with Crippen molar-refractivity contribution in [3.8, 4) is 5.75 Å². The smallest absolute Gasteiger partial charge is 0.264 e. The molecule has 0 radical (unpaired) electrons. The predicted molar refractivity (Wildman–Crippen MR) is 102 cm³/mol. The first-order valence-corrected chi connectivity index (χ1v) is 9.85. The van der Waals surface area contributed by atoms with Gasteiger partial charge in [0.25, 0.3) is 7.37 Å². The van der Waals surface area contributed by atoms with Gasteiger partial charge in [0.15, 0.2) is 5.85 Å². The Kier molecular flexibility index (Phi) is 6.28. The molecule has 25 heavy (non-hydrogen) atoms. The topological polar surface area (TPSA) is 59.0 Å². The molecule has 0 fully saturated rings.